The molecule has 8 heteroatoms. The van der Waals surface area contributed by atoms with Crippen LogP contribution in [0.1, 0.15) is 36.6 Å². The molecule has 0 radical (unpaired) electrons. The molecular formula is C26H31N3O4S. The van der Waals surface area contributed by atoms with Crippen LogP contribution in [0.4, 0.5) is 0 Å². The van der Waals surface area contributed by atoms with E-state index in [2.05, 4.69) is 4.98 Å². The number of carbonyl (C=O) groups excluding carboxylic acids is 1. The van der Waals surface area contributed by atoms with Crippen LogP contribution >= 0.6 is 0 Å². The van der Waals surface area contributed by atoms with Gasteiger partial charge >= 0.3 is 0 Å². The summed E-state index contributed by atoms with van der Waals surface area (Å²) in [6, 6.07) is 18.7. The Morgan fingerprint density at radius 3 is 2.38 bits per heavy atom. The van der Waals surface area contributed by atoms with Gasteiger partial charge in [0.2, 0.25) is 20.9 Å². The van der Waals surface area contributed by atoms with Gasteiger partial charge in [-0.3, -0.25) is 4.79 Å². The van der Waals surface area contributed by atoms with Gasteiger partial charge in [-0.2, -0.15) is 0 Å². The van der Waals surface area contributed by atoms with Crippen molar-refractivity contribution in [2.75, 3.05) is 13.2 Å². The third-order valence-electron chi connectivity index (χ3n) is 6.07. The van der Waals surface area contributed by atoms with E-state index < -0.39 is 9.84 Å². The Morgan fingerprint density at radius 1 is 1.09 bits per heavy atom. The lowest BCUT2D eigenvalue weighted by Gasteiger charge is -2.23. The molecule has 1 aliphatic heterocycles. The number of sulfone groups is 1. The first-order valence-electron chi connectivity index (χ1n) is 11.7. The molecule has 1 saturated heterocycles. The number of aromatic nitrogens is 2. The third kappa shape index (κ3) is 5.93. The van der Waals surface area contributed by atoms with Crippen molar-refractivity contribution in [1.82, 2.24) is 14.5 Å². The second-order valence-corrected chi connectivity index (χ2v) is 10.5. The summed E-state index contributed by atoms with van der Waals surface area (Å²) in [5.74, 6) is -0.132. The van der Waals surface area contributed by atoms with Gasteiger partial charge in [0.25, 0.3) is 0 Å². The van der Waals surface area contributed by atoms with Gasteiger partial charge in [-0.05, 0) is 30.9 Å². The highest BCUT2D eigenvalue weighted by Crippen LogP contribution is 2.22. The van der Waals surface area contributed by atoms with E-state index in [9.17, 15) is 13.2 Å². The summed E-state index contributed by atoms with van der Waals surface area (Å²) >= 11 is 0. The molecule has 1 aromatic heterocycles. The Balaban J connectivity index is 1.59. The lowest BCUT2D eigenvalue weighted by atomic mass is 10.1. The highest BCUT2D eigenvalue weighted by Gasteiger charge is 2.28. The highest BCUT2D eigenvalue weighted by molar-refractivity contribution is 7.90. The maximum atomic E-state index is 13.3. The van der Waals surface area contributed by atoms with Gasteiger partial charge in [0.05, 0.1) is 43.3 Å². The molecule has 1 fully saturated rings. The average molecular weight is 482 g/mol. The summed E-state index contributed by atoms with van der Waals surface area (Å²) in [5, 5.41) is 0.0356. The molecule has 2 aromatic carbocycles. The molecular weight excluding hydrogens is 450 g/mol. The second-order valence-electron chi connectivity index (χ2n) is 8.59. The van der Waals surface area contributed by atoms with Gasteiger partial charge in [-0.25, -0.2) is 13.4 Å². The number of benzene rings is 2. The molecule has 2 heterocycles. The van der Waals surface area contributed by atoms with Crippen LogP contribution in [-0.4, -0.2) is 48.0 Å². The zero-order valence-corrected chi connectivity index (χ0v) is 20.3. The number of hydrogen-bond acceptors (Lipinski definition) is 5. The van der Waals surface area contributed by atoms with E-state index in [-0.39, 0.29) is 22.9 Å². The molecule has 0 aliphatic carbocycles. The standard InChI is InChI=1S/C26H31N3O4S/c1-2-28(25(30)16-21-10-5-3-6-11-21)18-23-17-27-26(29(23)19-24-14-9-15-33-24)34(31,32)20-22-12-7-4-8-13-22/h3-8,10-13,17,24H,2,9,14-16,18-20H2,1H3. The quantitative estimate of drug-likeness (QED) is 0.442. The van der Waals surface area contributed by atoms with E-state index in [1.807, 2.05) is 55.5 Å². The molecule has 0 N–H and O–H groups in total. The Morgan fingerprint density at radius 2 is 1.76 bits per heavy atom. The molecule has 1 unspecified atom stereocenters. The Kier molecular flexibility index (Phi) is 7.80. The van der Waals surface area contributed by atoms with Gasteiger partial charge in [-0.15, -0.1) is 0 Å². The zero-order chi connectivity index (χ0) is 24.0. The summed E-state index contributed by atoms with van der Waals surface area (Å²) < 4.78 is 34.2. The van der Waals surface area contributed by atoms with Crippen molar-refractivity contribution in [2.45, 2.75) is 56.3 Å². The number of imidazole rings is 1. The van der Waals surface area contributed by atoms with Gasteiger partial charge in [0.15, 0.2) is 0 Å². The molecule has 0 spiro atoms. The van der Waals surface area contributed by atoms with Crippen LogP contribution in [0.3, 0.4) is 0 Å². The van der Waals surface area contributed by atoms with Crippen LogP contribution in [-0.2, 0) is 44.6 Å². The van der Waals surface area contributed by atoms with Crippen LogP contribution < -0.4 is 0 Å². The van der Waals surface area contributed by atoms with E-state index in [1.54, 1.807) is 27.8 Å². The third-order valence-corrected chi connectivity index (χ3v) is 7.67. The minimum Gasteiger partial charge on any atom is -0.376 e. The minimum atomic E-state index is -3.68. The van der Waals surface area contributed by atoms with Gasteiger partial charge in [-0.1, -0.05) is 60.7 Å². The van der Waals surface area contributed by atoms with Crippen molar-refractivity contribution in [1.29, 1.82) is 0 Å². The molecule has 4 rings (SSSR count). The topological polar surface area (TPSA) is 81.5 Å². The summed E-state index contributed by atoms with van der Waals surface area (Å²) in [5.41, 5.74) is 2.36. The molecule has 3 aromatic rings. The number of hydrogen-bond donors (Lipinski definition) is 0. The van der Waals surface area contributed by atoms with E-state index in [4.69, 9.17) is 4.74 Å². The molecule has 180 valence electrons. The number of carbonyl (C=O) groups is 1. The summed E-state index contributed by atoms with van der Waals surface area (Å²) in [6.07, 6.45) is 3.66. The average Bonchev–Trinajstić information content (AvgIpc) is 3.49. The molecule has 1 atom stereocenters. The van der Waals surface area contributed by atoms with Crippen molar-refractivity contribution in [2.24, 2.45) is 0 Å². The van der Waals surface area contributed by atoms with Crippen molar-refractivity contribution in [3.05, 3.63) is 83.7 Å². The molecule has 1 amide bonds. The molecule has 0 saturated carbocycles. The predicted octanol–water partition coefficient (Wildman–Crippen LogP) is 3.63. The molecule has 0 bridgehead atoms. The zero-order valence-electron chi connectivity index (χ0n) is 19.5. The summed E-state index contributed by atoms with van der Waals surface area (Å²) in [6.45, 7) is 3.82. The number of rotatable bonds is 10. The SMILES string of the molecule is CCN(Cc1cnc(S(=O)(=O)Cc2ccccc2)n1CC1CCCO1)C(=O)Cc1ccccc1. The van der Waals surface area contributed by atoms with E-state index in [0.29, 0.717) is 43.9 Å². The van der Waals surface area contributed by atoms with Crippen molar-refractivity contribution in [3.63, 3.8) is 0 Å². The maximum Gasteiger partial charge on any atom is 0.228 e. The van der Waals surface area contributed by atoms with Crippen LogP contribution in [0.15, 0.2) is 72.0 Å². The fourth-order valence-corrected chi connectivity index (χ4v) is 5.77. The monoisotopic (exact) mass is 481 g/mol. The first-order valence-corrected chi connectivity index (χ1v) is 13.4. The minimum absolute atomic E-state index is 0.00717. The first kappa shape index (κ1) is 24.2. The molecule has 1 aliphatic rings. The van der Waals surface area contributed by atoms with Crippen LogP contribution in [0, 0.1) is 0 Å². The fraction of sp³-hybridized carbons (Fsp3) is 0.385. The second kappa shape index (κ2) is 11.0. The van der Waals surface area contributed by atoms with Crippen molar-refractivity contribution in [3.8, 4) is 0 Å². The lowest BCUT2D eigenvalue weighted by Crippen LogP contribution is -2.33. The van der Waals surface area contributed by atoms with E-state index >= 15 is 0 Å². The maximum absolute atomic E-state index is 13.3. The van der Waals surface area contributed by atoms with Gasteiger partial charge < -0.3 is 14.2 Å². The van der Waals surface area contributed by atoms with Crippen LogP contribution in [0.2, 0.25) is 0 Å². The lowest BCUT2D eigenvalue weighted by molar-refractivity contribution is -0.131. The fourth-order valence-electron chi connectivity index (χ4n) is 4.27. The number of ether oxygens (including phenoxy) is 1. The molecule has 7 nitrogen and oxygen atoms in total. The Bertz CT molecular complexity index is 1190. The molecule has 34 heavy (non-hydrogen) atoms. The highest BCUT2D eigenvalue weighted by atomic mass is 32.2. The normalized spacial score (nSPS) is 16.0. The Hall–Kier alpha value is -2.97. The summed E-state index contributed by atoms with van der Waals surface area (Å²) in [4.78, 5) is 19.1. The smallest absolute Gasteiger partial charge is 0.228 e. The first-order chi connectivity index (χ1) is 16.5. The summed E-state index contributed by atoms with van der Waals surface area (Å²) in [7, 11) is -3.68. The number of nitrogens with zero attached hydrogens (tertiary/aromatic N) is 3. The van der Waals surface area contributed by atoms with E-state index in [0.717, 1.165) is 18.4 Å². The number of amides is 1. The van der Waals surface area contributed by atoms with Crippen molar-refractivity contribution >= 4 is 15.7 Å². The number of likely N-dealkylation sites (N-methyl/N-ethyl adjacent to an activating group) is 1. The van der Waals surface area contributed by atoms with Gasteiger partial charge in [0, 0.05) is 13.2 Å². The van der Waals surface area contributed by atoms with Crippen LogP contribution in [0.25, 0.3) is 0 Å². The van der Waals surface area contributed by atoms with Crippen LogP contribution in [0.5, 0.6) is 0 Å². The van der Waals surface area contributed by atoms with Crippen molar-refractivity contribution < 1.29 is 17.9 Å². The van der Waals surface area contributed by atoms with Gasteiger partial charge in [0.1, 0.15) is 0 Å². The Labute approximate surface area is 201 Å². The largest absolute Gasteiger partial charge is 0.376 e. The van der Waals surface area contributed by atoms with E-state index in [1.165, 1.54) is 0 Å². The predicted molar refractivity (Wildman–Crippen MR) is 130 cm³/mol.